The highest BCUT2D eigenvalue weighted by Crippen LogP contribution is 2.24. The van der Waals surface area contributed by atoms with Crippen molar-refractivity contribution in [3.8, 4) is 0 Å². The van der Waals surface area contributed by atoms with Gasteiger partial charge in [-0.3, -0.25) is 5.32 Å². The molecule has 2 rings (SSSR count). The molecule has 1 aliphatic rings. The Bertz CT molecular complexity index is 413. The summed E-state index contributed by atoms with van der Waals surface area (Å²) in [4.78, 5) is 15.6. The van der Waals surface area contributed by atoms with Crippen LogP contribution in [0.2, 0.25) is 0 Å². The monoisotopic (exact) mass is 268 g/mol. The van der Waals surface area contributed by atoms with E-state index in [0.29, 0.717) is 11.7 Å². The van der Waals surface area contributed by atoms with Crippen LogP contribution in [0.3, 0.4) is 0 Å². The third-order valence-electron chi connectivity index (χ3n) is 3.33. The number of anilines is 1. The molecule has 0 aliphatic heterocycles. The molecule has 2 N–H and O–H groups in total. The SMILES string of the molecule is COCC1CCC(NC(=O)Nc2nc(C)no2)CC1. The van der Waals surface area contributed by atoms with Crippen molar-refractivity contribution in [3.05, 3.63) is 5.82 Å². The van der Waals surface area contributed by atoms with E-state index in [2.05, 4.69) is 20.8 Å². The lowest BCUT2D eigenvalue weighted by Gasteiger charge is -2.28. The van der Waals surface area contributed by atoms with Crippen LogP contribution in [0.1, 0.15) is 31.5 Å². The second-order valence-corrected chi connectivity index (χ2v) is 4.92. The van der Waals surface area contributed by atoms with Crippen LogP contribution in [0.25, 0.3) is 0 Å². The molecule has 1 heterocycles. The number of aryl methyl sites for hydroxylation is 1. The molecule has 1 aromatic rings. The molecule has 0 spiro atoms. The number of hydrogen-bond acceptors (Lipinski definition) is 5. The van der Waals surface area contributed by atoms with Gasteiger partial charge in [0.05, 0.1) is 0 Å². The topological polar surface area (TPSA) is 89.3 Å². The number of ether oxygens (including phenoxy) is 1. The molecule has 1 fully saturated rings. The summed E-state index contributed by atoms with van der Waals surface area (Å²) in [5, 5.41) is 9.06. The largest absolute Gasteiger partial charge is 0.384 e. The van der Waals surface area contributed by atoms with E-state index in [1.807, 2.05) is 0 Å². The first-order valence-corrected chi connectivity index (χ1v) is 6.54. The average molecular weight is 268 g/mol. The maximum atomic E-state index is 11.7. The zero-order valence-corrected chi connectivity index (χ0v) is 11.3. The molecule has 7 nitrogen and oxygen atoms in total. The fourth-order valence-corrected chi connectivity index (χ4v) is 2.38. The summed E-state index contributed by atoms with van der Waals surface area (Å²) in [5.74, 6) is 1.11. The predicted molar refractivity (Wildman–Crippen MR) is 68.8 cm³/mol. The highest BCUT2D eigenvalue weighted by atomic mass is 16.5. The number of methoxy groups -OCH3 is 1. The molecule has 0 unspecified atom stereocenters. The third kappa shape index (κ3) is 4.20. The molecule has 0 radical (unpaired) electrons. The van der Waals surface area contributed by atoms with Crippen LogP contribution in [0.5, 0.6) is 0 Å². The Balaban J connectivity index is 1.71. The van der Waals surface area contributed by atoms with Gasteiger partial charge in [-0.15, -0.1) is 0 Å². The van der Waals surface area contributed by atoms with Crippen molar-refractivity contribution in [2.24, 2.45) is 5.92 Å². The number of amides is 2. The number of carbonyl (C=O) groups is 1. The quantitative estimate of drug-likeness (QED) is 0.867. The molecule has 0 bridgehead atoms. The highest BCUT2D eigenvalue weighted by molar-refractivity contribution is 5.87. The number of carbonyl (C=O) groups excluding carboxylic acids is 1. The van der Waals surface area contributed by atoms with Gasteiger partial charge in [-0.2, -0.15) is 4.98 Å². The Morgan fingerprint density at radius 3 is 2.74 bits per heavy atom. The van der Waals surface area contributed by atoms with Crippen LogP contribution in [0.15, 0.2) is 4.52 Å². The number of nitrogens with one attached hydrogen (secondary N) is 2. The maximum Gasteiger partial charge on any atom is 0.329 e. The molecule has 1 aromatic heterocycles. The average Bonchev–Trinajstić information content (AvgIpc) is 2.77. The van der Waals surface area contributed by atoms with E-state index in [4.69, 9.17) is 9.26 Å². The van der Waals surface area contributed by atoms with Crippen molar-refractivity contribution in [3.63, 3.8) is 0 Å². The zero-order valence-electron chi connectivity index (χ0n) is 11.3. The molecule has 106 valence electrons. The Labute approximate surface area is 112 Å². The van der Waals surface area contributed by atoms with Crippen molar-refractivity contribution < 1.29 is 14.1 Å². The lowest BCUT2D eigenvalue weighted by molar-refractivity contribution is 0.125. The predicted octanol–water partition coefficient (Wildman–Crippen LogP) is 1.70. The van der Waals surface area contributed by atoms with Gasteiger partial charge in [0.2, 0.25) is 0 Å². The van der Waals surface area contributed by atoms with E-state index >= 15 is 0 Å². The first-order valence-electron chi connectivity index (χ1n) is 6.54. The van der Waals surface area contributed by atoms with E-state index in [1.165, 1.54) is 0 Å². The van der Waals surface area contributed by atoms with Gasteiger partial charge in [-0.1, -0.05) is 5.16 Å². The summed E-state index contributed by atoms with van der Waals surface area (Å²) in [5.41, 5.74) is 0. The maximum absolute atomic E-state index is 11.7. The summed E-state index contributed by atoms with van der Waals surface area (Å²) < 4.78 is 9.98. The van der Waals surface area contributed by atoms with Crippen molar-refractivity contribution in [1.29, 1.82) is 0 Å². The van der Waals surface area contributed by atoms with Gasteiger partial charge in [0.25, 0.3) is 0 Å². The second kappa shape index (κ2) is 6.51. The summed E-state index contributed by atoms with van der Waals surface area (Å²) in [6.45, 7) is 2.50. The molecule has 1 aliphatic carbocycles. The zero-order chi connectivity index (χ0) is 13.7. The van der Waals surface area contributed by atoms with Gasteiger partial charge in [-0.05, 0) is 38.5 Å². The number of urea groups is 1. The summed E-state index contributed by atoms with van der Waals surface area (Å²) >= 11 is 0. The molecule has 7 heteroatoms. The van der Waals surface area contributed by atoms with Crippen LogP contribution >= 0.6 is 0 Å². The van der Waals surface area contributed by atoms with E-state index in [1.54, 1.807) is 14.0 Å². The summed E-state index contributed by atoms with van der Waals surface area (Å²) in [7, 11) is 1.73. The second-order valence-electron chi connectivity index (χ2n) is 4.92. The standard InChI is InChI=1S/C12H20N4O3/c1-8-13-12(19-16-8)15-11(17)14-10-5-3-9(4-6-10)7-18-2/h9-10H,3-7H2,1-2H3,(H2,13,14,15,16,17). The van der Waals surface area contributed by atoms with Crippen LogP contribution in [0.4, 0.5) is 10.8 Å². The number of hydrogen-bond donors (Lipinski definition) is 2. The molecular weight excluding hydrogens is 248 g/mol. The van der Waals surface area contributed by atoms with E-state index in [-0.39, 0.29) is 18.1 Å². The Morgan fingerprint density at radius 2 is 2.16 bits per heavy atom. The lowest BCUT2D eigenvalue weighted by Crippen LogP contribution is -2.40. The van der Waals surface area contributed by atoms with E-state index in [9.17, 15) is 4.79 Å². The van der Waals surface area contributed by atoms with Gasteiger partial charge in [0.15, 0.2) is 5.82 Å². The Hall–Kier alpha value is -1.63. The van der Waals surface area contributed by atoms with Crippen LogP contribution in [0, 0.1) is 12.8 Å². The van der Waals surface area contributed by atoms with Crippen LogP contribution < -0.4 is 10.6 Å². The van der Waals surface area contributed by atoms with Crippen molar-refractivity contribution in [2.45, 2.75) is 38.6 Å². The molecule has 2 amide bonds. The molecule has 0 atom stereocenters. The minimum atomic E-state index is -0.293. The van der Waals surface area contributed by atoms with E-state index < -0.39 is 0 Å². The Morgan fingerprint density at radius 1 is 1.42 bits per heavy atom. The first-order chi connectivity index (χ1) is 9.17. The normalized spacial score (nSPS) is 23.1. The molecule has 0 saturated heterocycles. The Kier molecular flexibility index (Phi) is 4.73. The van der Waals surface area contributed by atoms with Gasteiger partial charge in [0.1, 0.15) is 0 Å². The molecule has 1 saturated carbocycles. The smallest absolute Gasteiger partial charge is 0.329 e. The van der Waals surface area contributed by atoms with Gasteiger partial charge in [-0.25, -0.2) is 4.79 Å². The fraction of sp³-hybridized carbons (Fsp3) is 0.750. The summed E-state index contributed by atoms with van der Waals surface area (Å²) in [6, 6.07) is 0.0408. The summed E-state index contributed by atoms with van der Waals surface area (Å²) in [6.07, 6.45) is 4.12. The third-order valence-corrected chi connectivity index (χ3v) is 3.33. The highest BCUT2D eigenvalue weighted by Gasteiger charge is 2.22. The first kappa shape index (κ1) is 13.8. The van der Waals surface area contributed by atoms with Gasteiger partial charge < -0.3 is 14.6 Å². The minimum Gasteiger partial charge on any atom is -0.384 e. The van der Waals surface area contributed by atoms with E-state index in [0.717, 1.165) is 32.3 Å². The van der Waals surface area contributed by atoms with Crippen molar-refractivity contribution in [1.82, 2.24) is 15.5 Å². The number of rotatable bonds is 4. The van der Waals surface area contributed by atoms with Gasteiger partial charge >= 0.3 is 12.0 Å². The van der Waals surface area contributed by atoms with Crippen molar-refractivity contribution >= 4 is 12.0 Å². The molecular formula is C12H20N4O3. The lowest BCUT2D eigenvalue weighted by atomic mass is 9.86. The van der Waals surface area contributed by atoms with Gasteiger partial charge in [0, 0.05) is 19.8 Å². The molecule has 19 heavy (non-hydrogen) atoms. The fourth-order valence-electron chi connectivity index (χ4n) is 2.38. The minimum absolute atomic E-state index is 0.128. The van der Waals surface area contributed by atoms with Crippen LogP contribution in [-0.4, -0.2) is 35.9 Å². The van der Waals surface area contributed by atoms with Crippen molar-refractivity contribution in [2.75, 3.05) is 19.0 Å². The molecule has 0 aromatic carbocycles. The number of nitrogens with zero attached hydrogens (tertiary/aromatic N) is 2. The van der Waals surface area contributed by atoms with Crippen LogP contribution in [-0.2, 0) is 4.74 Å². The number of aromatic nitrogens is 2.